The Bertz CT molecular complexity index is 448. The van der Waals surface area contributed by atoms with Crippen LogP contribution in [-0.2, 0) is 6.18 Å². The van der Waals surface area contributed by atoms with E-state index in [4.69, 9.17) is 8.22 Å². The molecule has 0 atom stereocenters. The fraction of sp³-hybridized carbons (Fsp3) is 0.250. The second-order valence-electron chi connectivity index (χ2n) is 1.94. The molecule has 0 radical (unpaired) electrons. The Balaban J connectivity index is 3.89. The molecule has 0 heterocycles. The van der Waals surface area contributed by atoms with Crippen molar-refractivity contribution in [2.75, 3.05) is 0 Å². The van der Waals surface area contributed by atoms with Crippen molar-refractivity contribution in [3.63, 3.8) is 0 Å². The van der Waals surface area contributed by atoms with E-state index in [0.717, 1.165) is 0 Å². The number of benzene rings is 1. The first-order chi connectivity index (χ1) is 7.89. The van der Waals surface area contributed by atoms with Gasteiger partial charge in [0.2, 0.25) is 0 Å². The zero-order chi connectivity index (χ0) is 14.5. The molecule has 0 bridgehead atoms. The van der Waals surface area contributed by atoms with Crippen LogP contribution < -0.4 is 0 Å². The Morgan fingerprint density at radius 2 is 2.17 bits per heavy atom. The Labute approximate surface area is 85.0 Å². The van der Waals surface area contributed by atoms with Crippen LogP contribution in [0.3, 0.4) is 0 Å². The number of halogens is 4. The maximum absolute atomic E-state index is 12.8. The van der Waals surface area contributed by atoms with Crippen LogP contribution >= 0.6 is 15.9 Å². The van der Waals surface area contributed by atoms with Gasteiger partial charge in [-0.15, -0.1) is 0 Å². The number of hydrogen-bond donors (Lipinski definition) is 0. The summed E-state index contributed by atoms with van der Waals surface area (Å²) in [6.45, 7) is -3.19. The molecule has 0 saturated carbocycles. The van der Waals surface area contributed by atoms with E-state index in [1.54, 1.807) is 0 Å². The molecule has 0 spiro atoms. The van der Waals surface area contributed by atoms with E-state index in [-0.39, 0.29) is 0 Å². The maximum atomic E-state index is 12.8. The van der Waals surface area contributed by atoms with Gasteiger partial charge in [0.15, 0.2) is 0 Å². The highest BCUT2D eigenvalue weighted by atomic mass is 79.9. The molecular formula is C8H6BrF3. The SMILES string of the molecule is [2H]c1c([2H])c(C(F)(F)F)c(C([2H])([2H])[2H])c([2H])c1Br. The molecule has 4 heteroatoms. The van der Waals surface area contributed by atoms with Crippen molar-refractivity contribution in [2.24, 2.45) is 0 Å². The molecule has 0 aliphatic heterocycles. The standard InChI is InChI=1S/C8H6BrF3/c1-5-4-6(9)2-3-7(5)8(10,11)12/h2-4H,1H3/i1D3,2D,3D,4D. The minimum atomic E-state index is -5.10. The summed E-state index contributed by atoms with van der Waals surface area (Å²) >= 11 is 2.66. The molecule has 1 aromatic rings. The van der Waals surface area contributed by atoms with Gasteiger partial charge in [-0.1, -0.05) is 15.9 Å². The molecule has 0 aliphatic carbocycles. The second-order valence-corrected chi connectivity index (χ2v) is 2.73. The minimum Gasteiger partial charge on any atom is -0.166 e. The lowest BCUT2D eigenvalue weighted by Gasteiger charge is -2.09. The van der Waals surface area contributed by atoms with E-state index in [0.29, 0.717) is 0 Å². The first kappa shape index (κ1) is 4.13. The third kappa shape index (κ3) is 2.00. The van der Waals surface area contributed by atoms with Crippen molar-refractivity contribution >= 4 is 15.9 Å². The molecular weight excluding hydrogens is 233 g/mol. The number of rotatable bonds is 0. The van der Waals surface area contributed by atoms with Crippen molar-refractivity contribution < 1.29 is 21.4 Å². The van der Waals surface area contributed by atoms with Crippen LogP contribution in [0, 0.1) is 6.85 Å². The molecule has 1 aromatic carbocycles. The van der Waals surface area contributed by atoms with E-state index in [2.05, 4.69) is 15.9 Å². The molecule has 1 rings (SSSR count). The van der Waals surface area contributed by atoms with Crippen LogP contribution in [0.15, 0.2) is 22.6 Å². The molecule has 0 unspecified atom stereocenters. The Hall–Kier alpha value is -0.510. The summed E-state index contributed by atoms with van der Waals surface area (Å²) in [5, 5.41) is 0. The summed E-state index contributed by atoms with van der Waals surface area (Å²) in [5.41, 5.74) is -3.01. The molecule has 0 amide bonds. The van der Waals surface area contributed by atoms with Gasteiger partial charge >= 0.3 is 6.18 Å². The molecule has 0 N–H and O–H groups in total. The predicted octanol–water partition coefficient (Wildman–Crippen LogP) is 3.78. The molecule has 12 heavy (non-hydrogen) atoms. The Kier molecular flexibility index (Phi) is 1.06. The summed E-state index contributed by atoms with van der Waals surface area (Å²) in [5.74, 6) is 0. The zero-order valence-corrected chi connectivity index (χ0v) is 7.10. The maximum Gasteiger partial charge on any atom is 0.416 e. The van der Waals surface area contributed by atoms with Gasteiger partial charge in [0.05, 0.1) is 9.68 Å². The first-order valence-electron chi connectivity index (χ1n) is 5.76. The van der Waals surface area contributed by atoms with Crippen molar-refractivity contribution in [3.8, 4) is 0 Å². The van der Waals surface area contributed by atoms with Crippen molar-refractivity contribution in [2.45, 2.75) is 13.0 Å². The monoisotopic (exact) mass is 244 g/mol. The lowest BCUT2D eigenvalue weighted by Crippen LogP contribution is -2.06. The zero-order valence-electron chi connectivity index (χ0n) is 11.5. The lowest BCUT2D eigenvalue weighted by atomic mass is 10.1. The van der Waals surface area contributed by atoms with Gasteiger partial charge in [-0.25, -0.2) is 0 Å². The van der Waals surface area contributed by atoms with E-state index in [9.17, 15) is 13.2 Å². The molecule has 0 nitrogen and oxygen atoms in total. The van der Waals surface area contributed by atoms with Crippen molar-refractivity contribution in [1.82, 2.24) is 0 Å². The van der Waals surface area contributed by atoms with Crippen LogP contribution in [0.5, 0.6) is 0 Å². The highest BCUT2D eigenvalue weighted by Gasteiger charge is 2.31. The quantitative estimate of drug-likeness (QED) is 0.652. The summed E-state index contributed by atoms with van der Waals surface area (Å²) in [4.78, 5) is 0. The van der Waals surface area contributed by atoms with Gasteiger partial charge < -0.3 is 0 Å². The normalized spacial score (nSPS) is 20.0. The van der Waals surface area contributed by atoms with Gasteiger partial charge in [-0.3, -0.25) is 0 Å². The van der Waals surface area contributed by atoms with Crippen molar-refractivity contribution in [3.05, 3.63) is 33.7 Å². The van der Waals surface area contributed by atoms with Gasteiger partial charge in [0.25, 0.3) is 0 Å². The molecule has 66 valence electrons. The van der Waals surface area contributed by atoms with Gasteiger partial charge in [-0.05, 0) is 30.5 Å². The first-order valence-corrected chi connectivity index (χ1v) is 3.55. The Morgan fingerprint density at radius 1 is 1.50 bits per heavy atom. The highest BCUT2D eigenvalue weighted by molar-refractivity contribution is 9.10. The topological polar surface area (TPSA) is 0 Å². The third-order valence-corrected chi connectivity index (χ3v) is 1.46. The molecule has 0 saturated heterocycles. The van der Waals surface area contributed by atoms with E-state index in [1.807, 2.05) is 0 Å². The van der Waals surface area contributed by atoms with Crippen LogP contribution in [0.4, 0.5) is 13.2 Å². The number of hydrogen-bond acceptors (Lipinski definition) is 0. The minimum absolute atomic E-state index is 0.438. The summed E-state index contributed by atoms with van der Waals surface area (Å²) in [6, 6.07) is -3.06. The smallest absolute Gasteiger partial charge is 0.166 e. The Morgan fingerprint density at radius 3 is 2.67 bits per heavy atom. The van der Waals surface area contributed by atoms with E-state index in [1.165, 1.54) is 0 Å². The van der Waals surface area contributed by atoms with Crippen LogP contribution in [0.1, 0.15) is 19.4 Å². The van der Waals surface area contributed by atoms with Gasteiger partial charge in [0, 0.05) is 8.58 Å². The predicted molar refractivity (Wildman–Crippen MR) is 43.9 cm³/mol. The fourth-order valence-electron chi connectivity index (χ4n) is 0.596. The van der Waals surface area contributed by atoms with Crippen LogP contribution in [-0.4, -0.2) is 0 Å². The molecule has 0 aliphatic rings. The average Bonchev–Trinajstić information content (AvgIpc) is 2.16. The molecule has 0 fully saturated rings. The van der Waals surface area contributed by atoms with Crippen LogP contribution in [0.2, 0.25) is 0 Å². The summed E-state index contributed by atoms with van der Waals surface area (Å²) in [6.07, 6.45) is -5.10. The van der Waals surface area contributed by atoms with E-state index < -0.39 is 46.8 Å². The lowest BCUT2D eigenvalue weighted by molar-refractivity contribution is -0.138. The summed E-state index contributed by atoms with van der Waals surface area (Å²) < 4.78 is 80.9. The highest BCUT2D eigenvalue weighted by Crippen LogP contribution is 2.32. The largest absolute Gasteiger partial charge is 0.416 e. The third-order valence-electron chi connectivity index (χ3n) is 1.07. The number of alkyl halides is 3. The van der Waals surface area contributed by atoms with E-state index >= 15 is 0 Å². The van der Waals surface area contributed by atoms with Gasteiger partial charge in [0.1, 0.15) is 0 Å². The van der Waals surface area contributed by atoms with Gasteiger partial charge in [-0.2, -0.15) is 13.2 Å². The fourth-order valence-corrected chi connectivity index (χ4v) is 0.893. The second kappa shape index (κ2) is 3.09. The average molecular weight is 245 g/mol. The van der Waals surface area contributed by atoms with Crippen molar-refractivity contribution in [1.29, 1.82) is 0 Å². The molecule has 0 aromatic heterocycles. The summed E-state index contributed by atoms with van der Waals surface area (Å²) in [7, 11) is 0. The van der Waals surface area contributed by atoms with Crippen LogP contribution in [0.25, 0.3) is 0 Å².